The molecular weight excluding hydrogens is 346 g/mol. The minimum absolute atomic E-state index is 0.0183. The summed E-state index contributed by atoms with van der Waals surface area (Å²) in [6.07, 6.45) is 0.659. The third-order valence-corrected chi connectivity index (χ3v) is 6.25. The fourth-order valence-corrected chi connectivity index (χ4v) is 4.30. The van der Waals surface area contributed by atoms with E-state index in [9.17, 15) is 23.3 Å². The van der Waals surface area contributed by atoms with E-state index in [-0.39, 0.29) is 40.2 Å². The Labute approximate surface area is 138 Å². The molecule has 0 spiro atoms. The van der Waals surface area contributed by atoms with Crippen molar-refractivity contribution < 1.29 is 18.1 Å². The molecule has 1 amide bonds. The molecule has 0 bridgehead atoms. The van der Waals surface area contributed by atoms with Crippen molar-refractivity contribution in [2.24, 2.45) is 11.7 Å². The zero-order valence-electron chi connectivity index (χ0n) is 12.4. The van der Waals surface area contributed by atoms with Crippen LogP contribution in [0, 0.1) is 23.0 Å². The zero-order valence-corrected chi connectivity index (χ0v) is 13.9. The van der Waals surface area contributed by atoms with Gasteiger partial charge in [-0.15, -0.1) is 0 Å². The van der Waals surface area contributed by atoms with Gasteiger partial charge in [-0.25, -0.2) is 8.42 Å². The standard InChI is InChI=1S/C13H16ClN3O5S/c1-8-11(14)6-10(7-12(8)17(19)20)23(21,22)16-4-2-9(3-5-16)13(15)18/h6-7,9H,2-5H2,1H3,(H2,15,18). The van der Waals surface area contributed by atoms with Gasteiger partial charge in [-0.3, -0.25) is 14.9 Å². The Kier molecular flexibility index (Phi) is 4.92. The van der Waals surface area contributed by atoms with E-state index in [4.69, 9.17) is 17.3 Å². The second-order valence-electron chi connectivity index (χ2n) is 5.39. The lowest BCUT2D eigenvalue weighted by molar-refractivity contribution is -0.385. The third kappa shape index (κ3) is 3.46. The second-order valence-corrected chi connectivity index (χ2v) is 7.73. The molecule has 0 unspecified atom stereocenters. The Hall–Kier alpha value is -1.71. The molecule has 10 heteroatoms. The number of sulfonamides is 1. The van der Waals surface area contributed by atoms with Gasteiger partial charge >= 0.3 is 0 Å². The topological polar surface area (TPSA) is 124 Å². The van der Waals surface area contributed by atoms with Crippen molar-refractivity contribution in [2.45, 2.75) is 24.7 Å². The summed E-state index contributed by atoms with van der Waals surface area (Å²) in [6, 6.07) is 2.22. The largest absolute Gasteiger partial charge is 0.369 e. The Morgan fingerprint density at radius 3 is 2.43 bits per heavy atom. The van der Waals surface area contributed by atoms with Gasteiger partial charge in [-0.2, -0.15) is 4.31 Å². The van der Waals surface area contributed by atoms with Gasteiger partial charge in [0.25, 0.3) is 5.69 Å². The van der Waals surface area contributed by atoms with Crippen LogP contribution in [-0.2, 0) is 14.8 Å². The van der Waals surface area contributed by atoms with Gasteiger partial charge in [0.05, 0.1) is 14.8 Å². The molecule has 2 N–H and O–H groups in total. The van der Waals surface area contributed by atoms with Crippen molar-refractivity contribution in [2.75, 3.05) is 13.1 Å². The maximum atomic E-state index is 12.6. The molecule has 0 aliphatic carbocycles. The molecule has 8 nitrogen and oxygen atoms in total. The number of nitrogens with zero attached hydrogens (tertiary/aromatic N) is 2. The highest BCUT2D eigenvalue weighted by Crippen LogP contribution is 2.32. The number of nitro groups is 1. The summed E-state index contributed by atoms with van der Waals surface area (Å²) in [5.41, 5.74) is 5.09. The number of carbonyl (C=O) groups is 1. The van der Waals surface area contributed by atoms with Gasteiger partial charge in [0.1, 0.15) is 0 Å². The van der Waals surface area contributed by atoms with E-state index < -0.39 is 20.9 Å². The van der Waals surface area contributed by atoms with E-state index in [1.807, 2.05) is 0 Å². The summed E-state index contributed by atoms with van der Waals surface area (Å²) in [6.45, 7) is 1.72. The molecule has 1 aromatic rings. The number of rotatable bonds is 4. The number of nitrogens with two attached hydrogens (primary N) is 1. The Balaban J connectivity index is 2.34. The molecule has 1 heterocycles. The molecule has 2 rings (SSSR count). The van der Waals surface area contributed by atoms with Crippen molar-refractivity contribution in [3.05, 3.63) is 32.8 Å². The average molecular weight is 362 g/mol. The van der Waals surface area contributed by atoms with Gasteiger partial charge in [0, 0.05) is 30.6 Å². The Morgan fingerprint density at radius 2 is 1.96 bits per heavy atom. The van der Waals surface area contributed by atoms with E-state index in [0.717, 1.165) is 6.07 Å². The van der Waals surface area contributed by atoms with Crippen LogP contribution in [0.15, 0.2) is 17.0 Å². The van der Waals surface area contributed by atoms with Gasteiger partial charge in [-0.05, 0) is 25.8 Å². The van der Waals surface area contributed by atoms with Crippen molar-refractivity contribution in [3.8, 4) is 0 Å². The van der Waals surface area contributed by atoms with Crippen LogP contribution in [0.25, 0.3) is 0 Å². The summed E-state index contributed by atoms with van der Waals surface area (Å²) in [5.74, 6) is -0.798. The van der Waals surface area contributed by atoms with Gasteiger partial charge in [0.2, 0.25) is 15.9 Å². The van der Waals surface area contributed by atoms with Crippen LogP contribution in [0.3, 0.4) is 0 Å². The molecule has 1 aliphatic rings. The Bertz CT molecular complexity index is 757. The minimum Gasteiger partial charge on any atom is -0.369 e. The number of nitro benzene ring substituents is 1. The summed E-state index contributed by atoms with van der Waals surface area (Å²) < 4.78 is 26.5. The fraction of sp³-hybridized carbons (Fsp3) is 0.462. The first kappa shape index (κ1) is 17.6. The highest BCUT2D eigenvalue weighted by atomic mass is 35.5. The molecule has 0 aromatic heterocycles. The number of halogens is 1. The van der Waals surface area contributed by atoms with E-state index in [1.54, 1.807) is 0 Å². The number of amides is 1. The summed E-state index contributed by atoms with van der Waals surface area (Å²) in [4.78, 5) is 21.3. The first-order valence-corrected chi connectivity index (χ1v) is 8.70. The summed E-state index contributed by atoms with van der Waals surface area (Å²) in [7, 11) is -3.91. The normalized spacial score (nSPS) is 17.1. The predicted molar refractivity (Wildman–Crippen MR) is 83.5 cm³/mol. The lowest BCUT2D eigenvalue weighted by Crippen LogP contribution is -2.41. The second kappa shape index (κ2) is 6.42. The first-order chi connectivity index (χ1) is 10.6. The molecule has 1 saturated heterocycles. The van der Waals surface area contributed by atoms with E-state index in [2.05, 4.69) is 0 Å². The smallest absolute Gasteiger partial charge is 0.275 e. The van der Waals surface area contributed by atoms with E-state index in [0.29, 0.717) is 12.8 Å². The number of carbonyl (C=O) groups excluding carboxylic acids is 1. The highest BCUT2D eigenvalue weighted by Gasteiger charge is 2.32. The lowest BCUT2D eigenvalue weighted by Gasteiger charge is -2.29. The van der Waals surface area contributed by atoms with Gasteiger partial charge in [-0.1, -0.05) is 11.6 Å². The molecule has 0 saturated carbocycles. The van der Waals surface area contributed by atoms with Crippen LogP contribution in [0.4, 0.5) is 5.69 Å². The maximum absolute atomic E-state index is 12.6. The third-order valence-electron chi connectivity index (χ3n) is 3.98. The van der Waals surface area contributed by atoms with Crippen LogP contribution in [0.2, 0.25) is 5.02 Å². The van der Waals surface area contributed by atoms with Crippen LogP contribution < -0.4 is 5.73 Å². The van der Waals surface area contributed by atoms with Crippen LogP contribution in [0.1, 0.15) is 18.4 Å². The van der Waals surface area contributed by atoms with E-state index in [1.165, 1.54) is 17.3 Å². The van der Waals surface area contributed by atoms with Gasteiger partial charge in [0.15, 0.2) is 0 Å². The number of hydrogen-bond donors (Lipinski definition) is 1. The fourth-order valence-electron chi connectivity index (χ4n) is 2.51. The van der Waals surface area contributed by atoms with Crippen molar-refractivity contribution in [1.82, 2.24) is 4.31 Å². The molecule has 126 valence electrons. The molecular formula is C13H16ClN3O5S. The number of benzene rings is 1. The molecule has 0 atom stereocenters. The van der Waals surface area contributed by atoms with Crippen LogP contribution in [-0.4, -0.2) is 36.6 Å². The number of primary amides is 1. The number of piperidine rings is 1. The first-order valence-electron chi connectivity index (χ1n) is 6.88. The molecule has 1 aliphatic heterocycles. The molecule has 23 heavy (non-hydrogen) atoms. The molecule has 1 aromatic carbocycles. The Morgan fingerprint density at radius 1 is 1.39 bits per heavy atom. The number of hydrogen-bond acceptors (Lipinski definition) is 5. The van der Waals surface area contributed by atoms with Gasteiger partial charge < -0.3 is 5.73 Å². The van der Waals surface area contributed by atoms with Crippen LogP contribution in [0.5, 0.6) is 0 Å². The van der Waals surface area contributed by atoms with E-state index >= 15 is 0 Å². The lowest BCUT2D eigenvalue weighted by atomic mass is 9.98. The SMILES string of the molecule is Cc1c(Cl)cc(S(=O)(=O)N2CCC(C(N)=O)CC2)cc1[N+](=O)[O-]. The quantitative estimate of drug-likeness (QED) is 0.641. The average Bonchev–Trinajstić information content (AvgIpc) is 2.49. The van der Waals surface area contributed by atoms with Crippen molar-refractivity contribution >= 4 is 33.2 Å². The van der Waals surface area contributed by atoms with Crippen molar-refractivity contribution in [3.63, 3.8) is 0 Å². The maximum Gasteiger partial charge on any atom is 0.275 e. The highest BCUT2D eigenvalue weighted by molar-refractivity contribution is 7.89. The summed E-state index contributed by atoms with van der Waals surface area (Å²) in [5, 5.41) is 11.1. The molecule has 1 fully saturated rings. The minimum atomic E-state index is -3.91. The monoisotopic (exact) mass is 361 g/mol. The summed E-state index contributed by atoms with van der Waals surface area (Å²) >= 11 is 5.92. The van der Waals surface area contributed by atoms with Crippen molar-refractivity contribution in [1.29, 1.82) is 0 Å². The van der Waals surface area contributed by atoms with Crippen LogP contribution >= 0.6 is 11.6 Å². The predicted octanol–water partition coefficient (Wildman–Crippen LogP) is 1.44. The molecule has 0 radical (unpaired) electrons. The zero-order chi connectivity index (χ0) is 17.4.